The molecule has 0 amide bonds. The first-order chi connectivity index (χ1) is 8.95. The van der Waals surface area contributed by atoms with Crippen molar-refractivity contribution in [2.75, 3.05) is 13.1 Å². The number of benzene rings is 1. The molecule has 1 aromatic carbocycles. The van der Waals surface area contributed by atoms with Crippen molar-refractivity contribution < 1.29 is 4.74 Å². The second kappa shape index (κ2) is 5.90. The molecule has 19 heavy (non-hydrogen) atoms. The minimum absolute atomic E-state index is 0.0436. The van der Waals surface area contributed by atoms with Crippen molar-refractivity contribution in [1.82, 2.24) is 4.90 Å². The Balaban J connectivity index is 2.08. The van der Waals surface area contributed by atoms with Crippen LogP contribution in [0.2, 0.25) is 5.02 Å². The molecular weight excluding hydrogens is 262 g/mol. The predicted molar refractivity (Wildman–Crippen MR) is 77.8 cm³/mol. The Morgan fingerprint density at radius 2 is 2.05 bits per heavy atom. The number of nitrogens with one attached hydrogen (secondary N) is 1. The van der Waals surface area contributed by atoms with E-state index < -0.39 is 0 Å². The van der Waals surface area contributed by atoms with Gasteiger partial charge < -0.3 is 10.5 Å². The topological polar surface area (TPSA) is 62.3 Å². The van der Waals surface area contributed by atoms with Crippen molar-refractivity contribution in [1.29, 1.82) is 5.41 Å². The number of rotatable bonds is 3. The quantitative estimate of drug-likeness (QED) is 0.660. The van der Waals surface area contributed by atoms with Gasteiger partial charge in [-0.15, -0.1) is 0 Å². The first-order valence-corrected chi connectivity index (χ1v) is 6.84. The van der Waals surface area contributed by atoms with Gasteiger partial charge in [0.2, 0.25) is 0 Å². The van der Waals surface area contributed by atoms with E-state index in [4.69, 9.17) is 27.5 Å². The van der Waals surface area contributed by atoms with Gasteiger partial charge in [-0.1, -0.05) is 23.7 Å². The molecule has 1 aliphatic heterocycles. The maximum Gasteiger partial charge on any atom is 0.122 e. The number of halogens is 1. The Bertz CT molecular complexity index is 468. The largest absolute Gasteiger partial charge is 0.384 e. The van der Waals surface area contributed by atoms with Crippen molar-refractivity contribution in [3.63, 3.8) is 0 Å². The molecule has 3 N–H and O–H groups in total. The first-order valence-electron chi connectivity index (χ1n) is 6.46. The molecule has 1 heterocycles. The van der Waals surface area contributed by atoms with E-state index >= 15 is 0 Å². The second-order valence-corrected chi connectivity index (χ2v) is 5.58. The Hall–Kier alpha value is -1.10. The van der Waals surface area contributed by atoms with Crippen LogP contribution in [-0.2, 0) is 11.3 Å². The minimum Gasteiger partial charge on any atom is -0.384 e. The van der Waals surface area contributed by atoms with Gasteiger partial charge in [0, 0.05) is 30.2 Å². The Kier molecular flexibility index (Phi) is 4.45. The third-order valence-electron chi connectivity index (χ3n) is 3.25. The maximum absolute atomic E-state index is 7.40. The van der Waals surface area contributed by atoms with Crippen molar-refractivity contribution >= 4 is 17.4 Å². The van der Waals surface area contributed by atoms with Crippen LogP contribution in [0, 0.1) is 5.41 Å². The number of ether oxygens (including phenoxy) is 1. The molecule has 0 unspecified atom stereocenters. The fraction of sp³-hybridized carbons (Fsp3) is 0.500. The summed E-state index contributed by atoms with van der Waals surface area (Å²) in [5.74, 6) is 0.0436. The van der Waals surface area contributed by atoms with Crippen LogP contribution in [0.5, 0.6) is 0 Å². The van der Waals surface area contributed by atoms with Gasteiger partial charge in [-0.05, 0) is 25.5 Å². The number of hydrogen-bond donors (Lipinski definition) is 2. The van der Waals surface area contributed by atoms with Gasteiger partial charge in [0.05, 0.1) is 12.2 Å². The molecule has 4 nitrogen and oxygen atoms in total. The van der Waals surface area contributed by atoms with E-state index in [1.807, 2.05) is 12.1 Å². The first kappa shape index (κ1) is 14.3. The van der Waals surface area contributed by atoms with Gasteiger partial charge in [0.1, 0.15) is 5.84 Å². The highest BCUT2D eigenvalue weighted by molar-refractivity contribution is 6.31. The highest BCUT2D eigenvalue weighted by Gasteiger charge is 2.22. The Morgan fingerprint density at radius 3 is 2.58 bits per heavy atom. The lowest BCUT2D eigenvalue weighted by molar-refractivity contribution is -0.0704. The fourth-order valence-electron chi connectivity index (χ4n) is 2.50. The zero-order valence-corrected chi connectivity index (χ0v) is 12.1. The predicted octanol–water partition coefficient (Wildman–Crippen LogP) is 2.23. The molecule has 2 rings (SSSR count). The Labute approximate surface area is 119 Å². The summed E-state index contributed by atoms with van der Waals surface area (Å²) in [5, 5.41) is 8.07. The summed E-state index contributed by atoms with van der Waals surface area (Å²) >= 11 is 6.26. The maximum atomic E-state index is 7.40. The van der Waals surface area contributed by atoms with Gasteiger partial charge in [-0.2, -0.15) is 0 Å². The van der Waals surface area contributed by atoms with E-state index in [-0.39, 0.29) is 18.0 Å². The van der Waals surface area contributed by atoms with E-state index in [1.54, 1.807) is 6.07 Å². The van der Waals surface area contributed by atoms with E-state index in [1.165, 1.54) is 0 Å². The van der Waals surface area contributed by atoms with Crippen LogP contribution in [0.4, 0.5) is 0 Å². The van der Waals surface area contributed by atoms with Crippen LogP contribution in [0.15, 0.2) is 18.2 Å². The van der Waals surface area contributed by atoms with Crippen LogP contribution < -0.4 is 5.73 Å². The lowest BCUT2D eigenvalue weighted by Crippen LogP contribution is -2.44. The molecule has 1 saturated heterocycles. The zero-order valence-electron chi connectivity index (χ0n) is 11.3. The van der Waals surface area contributed by atoms with Gasteiger partial charge in [0.15, 0.2) is 0 Å². The average Bonchev–Trinajstić information content (AvgIpc) is 2.30. The second-order valence-electron chi connectivity index (χ2n) is 5.17. The lowest BCUT2D eigenvalue weighted by atomic mass is 10.1. The average molecular weight is 282 g/mol. The summed E-state index contributed by atoms with van der Waals surface area (Å²) in [4.78, 5) is 2.34. The molecule has 0 aliphatic carbocycles. The highest BCUT2D eigenvalue weighted by atomic mass is 35.5. The van der Waals surface area contributed by atoms with E-state index in [2.05, 4.69) is 18.7 Å². The summed E-state index contributed by atoms with van der Waals surface area (Å²) in [6.07, 6.45) is 0.498. The molecule has 1 aromatic rings. The normalized spacial score (nSPS) is 24.4. The molecule has 5 heteroatoms. The number of morpholine rings is 1. The number of amidine groups is 1. The molecule has 0 saturated carbocycles. The third-order valence-corrected chi connectivity index (χ3v) is 3.61. The third kappa shape index (κ3) is 3.69. The van der Waals surface area contributed by atoms with Crippen molar-refractivity contribution in [3.8, 4) is 0 Å². The SMILES string of the molecule is C[C@@H]1CN(Cc2ccc(C(=N)N)cc2Cl)C[C@H](C)O1. The minimum atomic E-state index is 0.0436. The van der Waals surface area contributed by atoms with E-state index in [9.17, 15) is 0 Å². The lowest BCUT2D eigenvalue weighted by Gasteiger charge is -2.35. The molecular formula is C14H20ClN3O. The summed E-state index contributed by atoms with van der Waals surface area (Å²) < 4.78 is 5.72. The van der Waals surface area contributed by atoms with Crippen LogP contribution in [0.1, 0.15) is 25.0 Å². The summed E-state index contributed by atoms with van der Waals surface area (Å²) in [6, 6.07) is 5.55. The molecule has 0 spiro atoms. The van der Waals surface area contributed by atoms with Gasteiger partial charge in [-0.3, -0.25) is 10.3 Å². The van der Waals surface area contributed by atoms with E-state index in [0.29, 0.717) is 10.6 Å². The van der Waals surface area contributed by atoms with Crippen molar-refractivity contribution in [2.45, 2.75) is 32.6 Å². The van der Waals surface area contributed by atoms with Crippen molar-refractivity contribution in [3.05, 3.63) is 34.3 Å². The standard InChI is InChI=1S/C14H20ClN3O/c1-9-6-18(7-10(2)19-9)8-12-4-3-11(14(16)17)5-13(12)15/h3-5,9-10H,6-8H2,1-2H3,(H3,16,17)/t9-,10+. The monoisotopic (exact) mass is 281 g/mol. The number of nitrogens with two attached hydrogens (primary N) is 1. The van der Waals surface area contributed by atoms with Crippen LogP contribution in [0.25, 0.3) is 0 Å². The van der Waals surface area contributed by atoms with Gasteiger partial charge in [-0.25, -0.2) is 0 Å². The molecule has 0 radical (unpaired) electrons. The molecule has 0 bridgehead atoms. The summed E-state index contributed by atoms with van der Waals surface area (Å²) in [5.41, 5.74) is 7.18. The zero-order chi connectivity index (χ0) is 14.0. The van der Waals surface area contributed by atoms with Crippen LogP contribution in [-0.4, -0.2) is 36.0 Å². The van der Waals surface area contributed by atoms with Gasteiger partial charge in [0.25, 0.3) is 0 Å². The summed E-state index contributed by atoms with van der Waals surface area (Å²) in [7, 11) is 0. The van der Waals surface area contributed by atoms with E-state index in [0.717, 1.165) is 25.2 Å². The van der Waals surface area contributed by atoms with Gasteiger partial charge >= 0.3 is 0 Å². The smallest absolute Gasteiger partial charge is 0.122 e. The summed E-state index contributed by atoms with van der Waals surface area (Å²) in [6.45, 7) is 6.80. The highest BCUT2D eigenvalue weighted by Crippen LogP contribution is 2.21. The van der Waals surface area contributed by atoms with Crippen molar-refractivity contribution in [2.24, 2.45) is 5.73 Å². The van der Waals surface area contributed by atoms with Crippen LogP contribution >= 0.6 is 11.6 Å². The molecule has 1 aliphatic rings. The molecule has 104 valence electrons. The number of nitrogens with zero attached hydrogens (tertiary/aromatic N) is 1. The van der Waals surface area contributed by atoms with Crippen LogP contribution in [0.3, 0.4) is 0 Å². The number of nitrogen functional groups attached to an aromatic ring is 1. The number of hydrogen-bond acceptors (Lipinski definition) is 3. The molecule has 1 fully saturated rings. The Morgan fingerprint density at radius 1 is 1.42 bits per heavy atom. The molecule has 2 atom stereocenters. The fourth-order valence-corrected chi connectivity index (χ4v) is 2.74. The molecule has 0 aromatic heterocycles.